The van der Waals surface area contributed by atoms with Gasteiger partial charge >= 0.3 is 5.69 Å². The third-order valence-electron chi connectivity index (χ3n) is 4.44. The molecule has 31 heavy (non-hydrogen) atoms. The van der Waals surface area contributed by atoms with Crippen LogP contribution in [-0.4, -0.2) is 29.8 Å². The number of ether oxygens (including phenoxy) is 2. The Kier molecular flexibility index (Phi) is 7.55. The van der Waals surface area contributed by atoms with E-state index in [1.165, 1.54) is 30.7 Å². The molecule has 0 saturated heterocycles. The third kappa shape index (κ3) is 5.58. The van der Waals surface area contributed by atoms with Crippen LogP contribution in [0.1, 0.15) is 30.2 Å². The minimum absolute atomic E-state index is 0.133. The van der Waals surface area contributed by atoms with Gasteiger partial charge in [-0.1, -0.05) is 43.7 Å². The normalized spacial score (nSPS) is 10.9. The molecule has 1 heterocycles. The molecule has 8 nitrogen and oxygen atoms in total. The van der Waals surface area contributed by atoms with E-state index in [1.54, 1.807) is 6.07 Å². The molecular weight excluding hydrogens is 416 g/mol. The smallest absolute Gasteiger partial charge is 0.315 e. The number of methoxy groups -OCH3 is 1. The summed E-state index contributed by atoms with van der Waals surface area (Å²) in [6.07, 6.45) is 3.21. The zero-order valence-electron chi connectivity index (χ0n) is 17.6. The van der Waals surface area contributed by atoms with Crippen molar-refractivity contribution >= 4 is 28.4 Å². The summed E-state index contributed by atoms with van der Waals surface area (Å²) in [4.78, 5) is 16.7. The summed E-state index contributed by atoms with van der Waals surface area (Å²) in [5.74, 6) is 0.428. The van der Waals surface area contributed by atoms with Crippen molar-refractivity contribution in [2.75, 3.05) is 19.1 Å². The van der Waals surface area contributed by atoms with Crippen molar-refractivity contribution in [1.29, 1.82) is 0 Å². The Hall–Kier alpha value is -3.46. The van der Waals surface area contributed by atoms with Crippen LogP contribution in [0, 0.1) is 17.0 Å². The number of hydrogen-bond acceptors (Lipinski definition) is 8. The highest BCUT2D eigenvalue weighted by atomic mass is 32.1. The van der Waals surface area contributed by atoms with Gasteiger partial charge in [0.2, 0.25) is 10.9 Å². The Morgan fingerprint density at radius 1 is 1.29 bits per heavy atom. The van der Waals surface area contributed by atoms with Crippen LogP contribution in [0.5, 0.6) is 11.5 Å². The van der Waals surface area contributed by atoms with Gasteiger partial charge in [-0.15, -0.1) is 11.3 Å². The van der Waals surface area contributed by atoms with Crippen LogP contribution in [0.15, 0.2) is 47.6 Å². The maximum absolute atomic E-state index is 11.5. The Balaban J connectivity index is 1.79. The third-order valence-corrected chi connectivity index (χ3v) is 5.31. The zero-order valence-corrected chi connectivity index (χ0v) is 18.4. The SMILES string of the molecule is CCCCOc1c(OC)cc(/C=N\Nc2nc(-c3ccccc3)c(C)s2)cc1[N+](=O)[O-]. The minimum atomic E-state index is -0.481. The molecule has 0 unspecified atom stereocenters. The molecule has 0 aliphatic carbocycles. The van der Waals surface area contributed by atoms with Gasteiger partial charge < -0.3 is 9.47 Å². The van der Waals surface area contributed by atoms with Crippen LogP contribution in [0.4, 0.5) is 10.8 Å². The van der Waals surface area contributed by atoms with E-state index in [2.05, 4.69) is 15.5 Å². The predicted octanol–water partition coefficient (Wildman–Crippen LogP) is 5.66. The molecule has 0 aliphatic rings. The molecule has 0 aliphatic heterocycles. The molecule has 0 bridgehead atoms. The fraction of sp³-hybridized carbons (Fsp3) is 0.273. The van der Waals surface area contributed by atoms with Gasteiger partial charge in [-0.05, 0) is 19.4 Å². The molecular formula is C22H24N4O4S. The average molecular weight is 441 g/mol. The van der Waals surface area contributed by atoms with Crippen LogP contribution >= 0.6 is 11.3 Å². The highest BCUT2D eigenvalue weighted by Crippen LogP contribution is 2.38. The van der Waals surface area contributed by atoms with Crippen molar-refractivity contribution in [2.45, 2.75) is 26.7 Å². The lowest BCUT2D eigenvalue weighted by molar-refractivity contribution is -0.386. The Morgan fingerprint density at radius 3 is 2.74 bits per heavy atom. The van der Waals surface area contributed by atoms with Gasteiger partial charge in [0.25, 0.3) is 0 Å². The number of benzene rings is 2. The van der Waals surface area contributed by atoms with E-state index < -0.39 is 4.92 Å². The Bertz CT molecular complexity index is 1070. The Morgan fingerprint density at radius 2 is 2.06 bits per heavy atom. The second kappa shape index (κ2) is 10.5. The number of thiazole rings is 1. The van der Waals surface area contributed by atoms with E-state index in [0.717, 1.165) is 29.0 Å². The second-order valence-electron chi connectivity index (χ2n) is 6.69. The van der Waals surface area contributed by atoms with E-state index in [4.69, 9.17) is 9.47 Å². The molecule has 1 N–H and O–H groups in total. The highest BCUT2D eigenvalue weighted by molar-refractivity contribution is 7.15. The van der Waals surface area contributed by atoms with Gasteiger partial charge in [0.15, 0.2) is 5.75 Å². The predicted molar refractivity (Wildman–Crippen MR) is 124 cm³/mol. The standard InChI is InChI=1S/C22H24N4O4S/c1-4-5-11-30-21-18(26(27)28)12-16(13-19(21)29-3)14-23-25-22-24-20(15(2)31-22)17-9-7-6-8-10-17/h6-10,12-14H,4-5,11H2,1-3H3,(H,24,25)/b23-14-. The molecule has 0 saturated carbocycles. The maximum atomic E-state index is 11.5. The number of aromatic nitrogens is 1. The molecule has 9 heteroatoms. The number of hydrazone groups is 1. The topological polar surface area (TPSA) is 98.9 Å². The molecule has 162 valence electrons. The van der Waals surface area contributed by atoms with Gasteiger partial charge in [-0.3, -0.25) is 15.5 Å². The van der Waals surface area contributed by atoms with Crippen LogP contribution in [0.2, 0.25) is 0 Å². The first kappa shape index (κ1) is 22.2. The first-order valence-corrected chi connectivity index (χ1v) is 10.7. The molecule has 0 spiro atoms. The zero-order chi connectivity index (χ0) is 22.2. The molecule has 3 aromatic rings. The number of nitro benzene ring substituents is 1. The van der Waals surface area contributed by atoms with Gasteiger partial charge in [0.1, 0.15) is 0 Å². The van der Waals surface area contributed by atoms with Gasteiger partial charge in [0.05, 0.1) is 30.5 Å². The van der Waals surface area contributed by atoms with Crippen molar-refractivity contribution in [1.82, 2.24) is 4.98 Å². The quantitative estimate of drug-likeness (QED) is 0.189. The number of unbranched alkanes of at least 4 members (excludes halogenated alkanes) is 1. The van der Waals surface area contributed by atoms with Crippen LogP contribution < -0.4 is 14.9 Å². The van der Waals surface area contributed by atoms with E-state index >= 15 is 0 Å². The first-order chi connectivity index (χ1) is 15.0. The lowest BCUT2D eigenvalue weighted by atomic mass is 10.1. The van der Waals surface area contributed by atoms with E-state index in [-0.39, 0.29) is 11.4 Å². The first-order valence-electron chi connectivity index (χ1n) is 9.84. The number of nitro groups is 1. The van der Waals surface area contributed by atoms with Gasteiger partial charge in [-0.25, -0.2) is 4.98 Å². The fourth-order valence-corrected chi connectivity index (χ4v) is 3.69. The molecule has 0 radical (unpaired) electrons. The van der Waals surface area contributed by atoms with E-state index in [0.29, 0.717) is 23.1 Å². The van der Waals surface area contributed by atoms with Crippen molar-refractivity contribution in [2.24, 2.45) is 5.10 Å². The summed E-state index contributed by atoms with van der Waals surface area (Å²) < 4.78 is 10.9. The monoisotopic (exact) mass is 440 g/mol. The fourth-order valence-electron chi connectivity index (χ4n) is 2.90. The lowest BCUT2D eigenvalue weighted by Gasteiger charge is -2.11. The number of aryl methyl sites for hydroxylation is 1. The average Bonchev–Trinajstić information content (AvgIpc) is 3.15. The van der Waals surface area contributed by atoms with Crippen molar-refractivity contribution in [3.63, 3.8) is 0 Å². The molecule has 1 aromatic heterocycles. The van der Waals surface area contributed by atoms with Crippen molar-refractivity contribution in [3.05, 3.63) is 63.0 Å². The molecule has 0 fully saturated rings. The van der Waals surface area contributed by atoms with E-state index in [1.807, 2.05) is 44.2 Å². The van der Waals surface area contributed by atoms with Crippen LogP contribution in [-0.2, 0) is 0 Å². The highest BCUT2D eigenvalue weighted by Gasteiger charge is 2.22. The molecule has 0 amide bonds. The minimum Gasteiger partial charge on any atom is -0.493 e. The largest absolute Gasteiger partial charge is 0.493 e. The second-order valence-corrected chi connectivity index (χ2v) is 7.89. The number of rotatable bonds is 10. The summed E-state index contributed by atoms with van der Waals surface area (Å²) in [6.45, 7) is 4.41. The van der Waals surface area contributed by atoms with Crippen LogP contribution in [0.3, 0.4) is 0 Å². The van der Waals surface area contributed by atoms with Crippen LogP contribution in [0.25, 0.3) is 11.3 Å². The molecule has 2 aromatic carbocycles. The maximum Gasteiger partial charge on any atom is 0.315 e. The lowest BCUT2D eigenvalue weighted by Crippen LogP contribution is -2.03. The molecule has 3 rings (SSSR count). The number of hydrogen-bond donors (Lipinski definition) is 1. The summed E-state index contributed by atoms with van der Waals surface area (Å²) in [5.41, 5.74) is 5.18. The molecule has 0 atom stereocenters. The summed E-state index contributed by atoms with van der Waals surface area (Å²) >= 11 is 1.48. The number of anilines is 1. The van der Waals surface area contributed by atoms with Gasteiger partial charge in [-0.2, -0.15) is 5.10 Å². The van der Waals surface area contributed by atoms with E-state index in [9.17, 15) is 10.1 Å². The van der Waals surface area contributed by atoms with Gasteiger partial charge in [0, 0.05) is 22.1 Å². The van der Waals surface area contributed by atoms with Crippen molar-refractivity contribution in [3.8, 4) is 22.8 Å². The number of nitrogens with zero attached hydrogens (tertiary/aromatic N) is 3. The summed E-state index contributed by atoms with van der Waals surface area (Å²) in [5, 5.41) is 16.4. The van der Waals surface area contributed by atoms with Crippen molar-refractivity contribution < 1.29 is 14.4 Å². The number of nitrogens with one attached hydrogen (secondary N) is 1. The summed E-state index contributed by atoms with van der Waals surface area (Å²) in [7, 11) is 1.45. The summed E-state index contributed by atoms with van der Waals surface area (Å²) in [6, 6.07) is 13.0. The Labute approximate surface area is 184 Å².